The fraction of sp³-hybridized carbons (Fsp3) is 1.00. The number of hydrogen-bond acceptors (Lipinski definition) is 3. The van der Waals surface area contributed by atoms with E-state index >= 15 is 0 Å². The summed E-state index contributed by atoms with van der Waals surface area (Å²) in [7, 11) is 1.24. The number of rotatable bonds is 5. The SMILES string of the molecule is CCCCN(C)[P+](C)(O)OC. The normalized spacial score (nSPS) is 16.9. The standard InChI is InChI=1S/C7H19NO2P/c1-5-6-7-8(2)11(4,9)10-3/h9H,5-7H2,1-4H3/q+1. The summed E-state index contributed by atoms with van der Waals surface area (Å²) >= 11 is 0. The predicted molar refractivity (Wildman–Crippen MR) is 49.6 cm³/mol. The van der Waals surface area contributed by atoms with Gasteiger partial charge in [0.1, 0.15) is 6.66 Å². The highest BCUT2D eigenvalue weighted by Gasteiger charge is 2.35. The quantitative estimate of drug-likeness (QED) is 0.654. The molecule has 11 heavy (non-hydrogen) atoms. The second-order valence-electron chi connectivity index (χ2n) is 2.75. The summed E-state index contributed by atoms with van der Waals surface area (Å²) in [6.07, 6.45) is 2.25. The van der Waals surface area contributed by atoms with Crippen molar-refractivity contribution < 1.29 is 9.42 Å². The third-order valence-corrected chi connectivity index (χ3v) is 3.97. The van der Waals surface area contributed by atoms with E-state index in [0.29, 0.717) is 0 Å². The van der Waals surface area contributed by atoms with Gasteiger partial charge in [0.2, 0.25) is 0 Å². The summed E-state index contributed by atoms with van der Waals surface area (Å²) in [5.41, 5.74) is 0. The molecule has 1 N–H and O–H groups in total. The van der Waals surface area contributed by atoms with E-state index in [1.807, 2.05) is 11.7 Å². The molecule has 0 heterocycles. The van der Waals surface area contributed by atoms with Crippen LogP contribution in [0.5, 0.6) is 0 Å². The first-order valence-electron chi connectivity index (χ1n) is 3.91. The van der Waals surface area contributed by atoms with Crippen LogP contribution >= 0.6 is 7.87 Å². The van der Waals surface area contributed by atoms with Gasteiger partial charge >= 0.3 is 7.87 Å². The van der Waals surface area contributed by atoms with Crippen LogP contribution in [0.4, 0.5) is 0 Å². The number of unbranched alkanes of at least 4 members (excludes halogenated alkanes) is 1. The third-order valence-electron chi connectivity index (χ3n) is 1.81. The van der Waals surface area contributed by atoms with Gasteiger partial charge in [-0.25, -0.2) is 4.89 Å². The largest absolute Gasteiger partial charge is 0.341 e. The first-order valence-corrected chi connectivity index (χ1v) is 5.97. The van der Waals surface area contributed by atoms with Crippen molar-refractivity contribution in [3.63, 3.8) is 0 Å². The highest BCUT2D eigenvalue weighted by molar-refractivity contribution is 7.62. The average Bonchev–Trinajstić information content (AvgIpc) is 2.00. The molecule has 0 aliphatic rings. The molecule has 3 nitrogen and oxygen atoms in total. The van der Waals surface area contributed by atoms with Gasteiger partial charge in [0.05, 0.1) is 7.11 Å². The topological polar surface area (TPSA) is 32.7 Å². The molecule has 68 valence electrons. The van der Waals surface area contributed by atoms with E-state index in [-0.39, 0.29) is 0 Å². The van der Waals surface area contributed by atoms with E-state index in [1.165, 1.54) is 0 Å². The van der Waals surface area contributed by atoms with E-state index in [9.17, 15) is 4.89 Å². The lowest BCUT2D eigenvalue weighted by Crippen LogP contribution is -2.20. The smallest absolute Gasteiger partial charge is 0.202 e. The molecule has 0 aromatic carbocycles. The van der Waals surface area contributed by atoms with E-state index in [2.05, 4.69) is 6.92 Å². The van der Waals surface area contributed by atoms with Gasteiger partial charge in [-0.2, -0.15) is 4.52 Å². The Labute approximate surface area is 69.9 Å². The summed E-state index contributed by atoms with van der Waals surface area (Å²) in [5, 5.41) is 0. The Bertz CT molecular complexity index is 109. The Hall–Kier alpha value is 0.310. The zero-order valence-electron chi connectivity index (χ0n) is 7.87. The molecule has 0 aromatic heterocycles. The minimum Gasteiger partial charge on any atom is -0.202 e. The molecular formula is C7H19NO2P+. The molecule has 0 aromatic rings. The molecule has 0 aliphatic heterocycles. The molecule has 0 saturated heterocycles. The fourth-order valence-corrected chi connectivity index (χ4v) is 1.50. The van der Waals surface area contributed by atoms with Crippen LogP contribution in [0.2, 0.25) is 0 Å². The van der Waals surface area contributed by atoms with E-state index in [1.54, 1.807) is 13.8 Å². The molecule has 0 bridgehead atoms. The fourth-order valence-electron chi connectivity index (χ4n) is 0.712. The maximum Gasteiger partial charge on any atom is 0.341 e. The van der Waals surface area contributed by atoms with Gasteiger partial charge in [0, 0.05) is 13.6 Å². The molecule has 4 heteroatoms. The van der Waals surface area contributed by atoms with Gasteiger partial charge < -0.3 is 0 Å². The summed E-state index contributed by atoms with van der Waals surface area (Å²) < 4.78 is 6.89. The highest BCUT2D eigenvalue weighted by atomic mass is 31.2. The first-order chi connectivity index (χ1) is 5.04. The Morgan fingerprint density at radius 3 is 2.45 bits per heavy atom. The van der Waals surface area contributed by atoms with Crippen LogP contribution in [0.1, 0.15) is 19.8 Å². The first kappa shape index (κ1) is 11.3. The van der Waals surface area contributed by atoms with Crippen molar-refractivity contribution in [1.82, 2.24) is 4.67 Å². The van der Waals surface area contributed by atoms with Crippen molar-refractivity contribution in [3.05, 3.63) is 0 Å². The Morgan fingerprint density at radius 1 is 1.55 bits per heavy atom. The maximum atomic E-state index is 9.63. The van der Waals surface area contributed by atoms with Gasteiger partial charge in [0.25, 0.3) is 0 Å². The van der Waals surface area contributed by atoms with E-state index in [0.717, 1.165) is 19.4 Å². The zero-order valence-corrected chi connectivity index (χ0v) is 8.77. The Balaban J connectivity index is 3.71. The Morgan fingerprint density at radius 2 is 2.09 bits per heavy atom. The lowest BCUT2D eigenvalue weighted by atomic mass is 10.3. The van der Waals surface area contributed by atoms with Crippen LogP contribution < -0.4 is 0 Å². The predicted octanol–water partition coefficient (Wildman–Crippen LogP) is 1.75. The molecule has 0 rings (SSSR count). The van der Waals surface area contributed by atoms with Gasteiger partial charge in [-0.05, 0) is 6.42 Å². The van der Waals surface area contributed by atoms with Crippen LogP contribution in [-0.2, 0) is 4.52 Å². The lowest BCUT2D eigenvalue weighted by Gasteiger charge is -2.21. The third kappa shape index (κ3) is 4.02. The van der Waals surface area contributed by atoms with E-state index in [4.69, 9.17) is 4.52 Å². The van der Waals surface area contributed by atoms with Gasteiger partial charge in [0.15, 0.2) is 0 Å². The van der Waals surface area contributed by atoms with Crippen LogP contribution in [0, 0.1) is 0 Å². The van der Waals surface area contributed by atoms with Crippen LogP contribution in [0.15, 0.2) is 0 Å². The van der Waals surface area contributed by atoms with E-state index < -0.39 is 7.87 Å². The van der Waals surface area contributed by atoms with Crippen LogP contribution in [-0.4, -0.2) is 36.9 Å². The van der Waals surface area contributed by atoms with Gasteiger partial charge in [-0.3, -0.25) is 0 Å². The van der Waals surface area contributed by atoms with Gasteiger partial charge in [-0.15, -0.1) is 4.67 Å². The summed E-state index contributed by atoms with van der Waals surface area (Å²) in [6, 6.07) is 0. The molecule has 1 atom stereocenters. The summed E-state index contributed by atoms with van der Waals surface area (Å²) in [6.45, 7) is 4.79. The van der Waals surface area contributed by atoms with Crippen molar-refractivity contribution in [2.75, 3.05) is 27.4 Å². The zero-order chi connectivity index (χ0) is 8.91. The highest BCUT2D eigenvalue weighted by Crippen LogP contribution is 2.53. The van der Waals surface area contributed by atoms with Crippen molar-refractivity contribution in [2.45, 2.75) is 19.8 Å². The molecule has 0 saturated carbocycles. The average molecular weight is 180 g/mol. The van der Waals surface area contributed by atoms with Crippen molar-refractivity contribution in [2.24, 2.45) is 0 Å². The van der Waals surface area contributed by atoms with Gasteiger partial charge in [-0.1, -0.05) is 13.3 Å². The maximum absolute atomic E-state index is 9.63. The second kappa shape index (κ2) is 5.04. The summed E-state index contributed by atoms with van der Waals surface area (Å²) in [4.78, 5) is 9.63. The molecule has 0 spiro atoms. The molecule has 1 unspecified atom stereocenters. The minimum absolute atomic E-state index is 0.908. The number of hydrogen-bond donors (Lipinski definition) is 1. The van der Waals surface area contributed by atoms with Crippen LogP contribution in [0.3, 0.4) is 0 Å². The molecule has 0 radical (unpaired) electrons. The molecule has 0 fully saturated rings. The lowest BCUT2D eigenvalue weighted by molar-refractivity contribution is 0.298. The Kier molecular flexibility index (Phi) is 5.19. The summed E-state index contributed by atoms with van der Waals surface area (Å²) in [5.74, 6) is 0. The van der Waals surface area contributed by atoms with Crippen molar-refractivity contribution in [1.29, 1.82) is 0 Å². The second-order valence-corrected chi connectivity index (χ2v) is 5.47. The monoisotopic (exact) mass is 180 g/mol. The molecule has 0 amide bonds. The van der Waals surface area contributed by atoms with Crippen LogP contribution in [0.25, 0.3) is 0 Å². The molecular weight excluding hydrogens is 161 g/mol. The number of nitrogens with zero attached hydrogens (tertiary/aromatic N) is 1. The van der Waals surface area contributed by atoms with Crippen molar-refractivity contribution in [3.8, 4) is 0 Å². The van der Waals surface area contributed by atoms with Crippen molar-refractivity contribution >= 4 is 7.87 Å². The minimum atomic E-state index is -2.21. The molecule has 0 aliphatic carbocycles.